The Bertz CT molecular complexity index is 486. The van der Waals surface area contributed by atoms with Crippen LogP contribution < -0.4 is 0 Å². The Kier molecular flexibility index (Phi) is 2.29. The zero-order valence-corrected chi connectivity index (χ0v) is 8.51. The highest BCUT2D eigenvalue weighted by Crippen LogP contribution is 2.14. The molecule has 15 heavy (non-hydrogen) atoms. The largest absolute Gasteiger partial charge is 0.295 e. The summed E-state index contributed by atoms with van der Waals surface area (Å²) in [6.07, 6.45) is 0. The lowest BCUT2D eigenvalue weighted by Gasteiger charge is -1.96. The smallest absolute Gasteiger partial charge is 0.204 e. The SMILES string of the molecule is CC(=O)c1ccc(-c2nnn(C)n2)cc1. The number of Topliss-reactive ketones (excluding diaryl/α,β-unsaturated/α-hetero) is 1. The van der Waals surface area contributed by atoms with Crippen molar-refractivity contribution in [3.8, 4) is 11.4 Å². The highest BCUT2D eigenvalue weighted by molar-refractivity contribution is 5.94. The number of benzene rings is 1. The fraction of sp³-hybridized carbons (Fsp3) is 0.200. The molecule has 0 aliphatic heterocycles. The molecule has 0 amide bonds. The molecule has 0 unspecified atom stereocenters. The molecule has 5 heteroatoms. The Hall–Kier alpha value is -2.04. The van der Waals surface area contributed by atoms with Gasteiger partial charge in [0, 0.05) is 11.1 Å². The number of carbonyl (C=O) groups is 1. The van der Waals surface area contributed by atoms with E-state index in [2.05, 4.69) is 15.4 Å². The number of aryl methyl sites for hydroxylation is 1. The molecule has 0 saturated carbocycles. The van der Waals surface area contributed by atoms with Gasteiger partial charge in [-0.05, 0) is 12.1 Å². The molecule has 76 valence electrons. The molecule has 0 aliphatic carbocycles. The van der Waals surface area contributed by atoms with Crippen LogP contribution >= 0.6 is 0 Å². The van der Waals surface area contributed by atoms with Gasteiger partial charge in [0.05, 0.1) is 7.05 Å². The van der Waals surface area contributed by atoms with E-state index in [1.54, 1.807) is 19.2 Å². The minimum Gasteiger partial charge on any atom is -0.295 e. The van der Waals surface area contributed by atoms with Gasteiger partial charge in [-0.1, -0.05) is 24.3 Å². The van der Waals surface area contributed by atoms with Crippen LogP contribution in [0.25, 0.3) is 11.4 Å². The van der Waals surface area contributed by atoms with E-state index in [-0.39, 0.29) is 5.78 Å². The lowest BCUT2D eigenvalue weighted by atomic mass is 10.1. The van der Waals surface area contributed by atoms with Crippen LogP contribution in [0.15, 0.2) is 24.3 Å². The minimum atomic E-state index is 0.0497. The zero-order chi connectivity index (χ0) is 10.8. The standard InChI is InChI=1S/C10H10N4O/c1-7(15)8-3-5-9(6-4-8)10-11-13-14(2)12-10/h3-6H,1-2H3. The Morgan fingerprint density at radius 2 is 1.93 bits per heavy atom. The quantitative estimate of drug-likeness (QED) is 0.683. The van der Waals surface area contributed by atoms with E-state index in [0.29, 0.717) is 11.4 Å². The molecule has 2 aromatic rings. The maximum atomic E-state index is 11.0. The third kappa shape index (κ3) is 1.90. The van der Waals surface area contributed by atoms with Crippen molar-refractivity contribution in [1.82, 2.24) is 20.2 Å². The second kappa shape index (κ2) is 3.61. The van der Waals surface area contributed by atoms with Crippen LogP contribution in [0.3, 0.4) is 0 Å². The molecule has 1 heterocycles. The summed E-state index contributed by atoms with van der Waals surface area (Å²) in [5, 5.41) is 11.7. The van der Waals surface area contributed by atoms with Crippen molar-refractivity contribution in [2.45, 2.75) is 6.92 Å². The minimum absolute atomic E-state index is 0.0497. The van der Waals surface area contributed by atoms with E-state index in [1.165, 1.54) is 11.7 Å². The van der Waals surface area contributed by atoms with Gasteiger partial charge in [-0.3, -0.25) is 4.79 Å². The fourth-order valence-corrected chi connectivity index (χ4v) is 1.25. The first-order valence-corrected chi connectivity index (χ1v) is 4.52. The van der Waals surface area contributed by atoms with Gasteiger partial charge >= 0.3 is 0 Å². The van der Waals surface area contributed by atoms with Gasteiger partial charge in [-0.2, -0.15) is 4.80 Å². The topological polar surface area (TPSA) is 60.7 Å². The number of aromatic nitrogens is 4. The summed E-state index contributed by atoms with van der Waals surface area (Å²) in [6.45, 7) is 1.54. The molecule has 2 rings (SSSR count). The molecule has 0 atom stereocenters. The Labute approximate surface area is 86.7 Å². The molecule has 0 bridgehead atoms. The van der Waals surface area contributed by atoms with Gasteiger partial charge in [-0.15, -0.1) is 10.2 Å². The van der Waals surface area contributed by atoms with E-state index in [9.17, 15) is 4.79 Å². The fourth-order valence-electron chi connectivity index (χ4n) is 1.25. The summed E-state index contributed by atoms with van der Waals surface area (Å²) in [7, 11) is 1.71. The number of hydrogen-bond acceptors (Lipinski definition) is 4. The first kappa shape index (κ1) is 9.51. The number of nitrogens with zero attached hydrogens (tertiary/aromatic N) is 4. The van der Waals surface area contributed by atoms with Gasteiger partial charge in [0.25, 0.3) is 0 Å². The molecule has 0 fully saturated rings. The molecular weight excluding hydrogens is 192 g/mol. The Morgan fingerprint density at radius 3 is 2.40 bits per heavy atom. The molecule has 0 radical (unpaired) electrons. The van der Waals surface area contributed by atoms with Crippen LogP contribution in [0, 0.1) is 0 Å². The maximum absolute atomic E-state index is 11.0. The highest BCUT2D eigenvalue weighted by atomic mass is 16.1. The van der Waals surface area contributed by atoms with Crippen LogP contribution in [0.1, 0.15) is 17.3 Å². The van der Waals surface area contributed by atoms with Gasteiger partial charge < -0.3 is 0 Å². The summed E-state index contributed by atoms with van der Waals surface area (Å²) in [4.78, 5) is 12.4. The first-order valence-electron chi connectivity index (χ1n) is 4.52. The summed E-state index contributed by atoms with van der Waals surface area (Å²) in [5.74, 6) is 0.612. The first-order chi connectivity index (χ1) is 7.16. The number of hydrogen-bond donors (Lipinski definition) is 0. The summed E-state index contributed by atoms with van der Waals surface area (Å²) in [5.41, 5.74) is 1.54. The third-order valence-corrected chi connectivity index (χ3v) is 2.06. The van der Waals surface area contributed by atoms with E-state index in [1.807, 2.05) is 12.1 Å². The highest BCUT2D eigenvalue weighted by Gasteiger charge is 2.05. The van der Waals surface area contributed by atoms with E-state index >= 15 is 0 Å². The molecule has 0 N–H and O–H groups in total. The lowest BCUT2D eigenvalue weighted by molar-refractivity contribution is 0.101. The van der Waals surface area contributed by atoms with Crippen molar-refractivity contribution in [3.63, 3.8) is 0 Å². The molecule has 0 spiro atoms. The van der Waals surface area contributed by atoms with Gasteiger partial charge in [-0.25, -0.2) is 0 Å². The van der Waals surface area contributed by atoms with Crippen molar-refractivity contribution >= 4 is 5.78 Å². The number of carbonyl (C=O) groups excluding carboxylic acids is 1. The molecule has 0 saturated heterocycles. The molecule has 0 aliphatic rings. The van der Waals surface area contributed by atoms with E-state index in [4.69, 9.17) is 0 Å². The van der Waals surface area contributed by atoms with Crippen LogP contribution in [0.2, 0.25) is 0 Å². The average molecular weight is 202 g/mol. The van der Waals surface area contributed by atoms with Gasteiger partial charge in [0.15, 0.2) is 5.78 Å². The predicted molar refractivity (Wildman–Crippen MR) is 54.2 cm³/mol. The second-order valence-electron chi connectivity index (χ2n) is 3.24. The molecule has 1 aromatic carbocycles. The Balaban J connectivity index is 2.35. The summed E-state index contributed by atoms with van der Waals surface area (Å²) >= 11 is 0. The monoisotopic (exact) mass is 202 g/mol. The maximum Gasteiger partial charge on any atom is 0.204 e. The van der Waals surface area contributed by atoms with Crippen LogP contribution in [-0.4, -0.2) is 26.0 Å². The van der Waals surface area contributed by atoms with Crippen LogP contribution in [0.5, 0.6) is 0 Å². The normalized spacial score (nSPS) is 10.3. The number of ketones is 1. The molecule has 1 aromatic heterocycles. The summed E-state index contributed by atoms with van der Waals surface area (Å²) < 4.78 is 0. The third-order valence-electron chi connectivity index (χ3n) is 2.06. The lowest BCUT2D eigenvalue weighted by Crippen LogP contribution is -1.93. The number of tetrazole rings is 1. The van der Waals surface area contributed by atoms with Crippen molar-refractivity contribution in [2.24, 2.45) is 7.05 Å². The van der Waals surface area contributed by atoms with Gasteiger partial charge in [0.1, 0.15) is 0 Å². The van der Waals surface area contributed by atoms with Gasteiger partial charge in [0.2, 0.25) is 5.82 Å². The van der Waals surface area contributed by atoms with Crippen molar-refractivity contribution in [1.29, 1.82) is 0 Å². The van der Waals surface area contributed by atoms with E-state index in [0.717, 1.165) is 5.56 Å². The second-order valence-corrected chi connectivity index (χ2v) is 3.24. The van der Waals surface area contributed by atoms with E-state index < -0.39 is 0 Å². The van der Waals surface area contributed by atoms with Crippen LogP contribution in [-0.2, 0) is 7.05 Å². The average Bonchev–Trinajstić information content (AvgIpc) is 2.65. The molecule has 5 nitrogen and oxygen atoms in total. The Morgan fingerprint density at radius 1 is 1.27 bits per heavy atom. The van der Waals surface area contributed by atoms with Crippen molar-refractivity contribution in [3.05, 3.63) is 29.8 Å². The predicted octanol–water partition coefficient (Wildman–Crippen LogP) is 1.08. The zero-order valence-electron chi connectivity index (χ0n) is 8.51. The number of rotatable bonds is 2. The molecular formula is C10H10N4O. The summed E-state index contributed by atoms with van der Waals surface area (Å²) in [6, 6.07) is 7.14. The van der Waals surface area contributed by atoms with Crippen LogP contribution in [0.4, 0.5) is 0 Å². The van der Waals surface area contributed by atoms with Crippen molar-refractivity contribution < 1.29 is 4.79 Å². The van der Waals surface area contributed by atoms with Crippen molar-refractivity contribution in [2.75, 3.05) is 0 Å².